The van der Waals surface area contributed by atoms with Crippen molar-refractivity contribution in [3.05, 3.63) is 60.1 Å². The first-order valence-corrected chi connectivity index (χ1v) is 5.78. The van der Waals surface area contributed by atoms with E-state index in [4.69, 9.17) is 4.42 Å². The van der Waals surface area contributed by atoms with Crippen molar-refractivity contribution in [1.82, 2.24) is 5.32 Å². The van der Waals surface area contributed by atoms with Crippen LogP contribution in [0.3, 0.4) is 0 Å². The van der Waals surface area contributed by atoms with Crippen LogP contribution in [0.2, 0.25) is 0 Å². The van der Waals surface area contributed by atoms with Crippen molar-refractivity contribution in [2.45, 2.75) is 19.0 Å². The molecule has 0 fully saturated rings. The van der Waals surface area contributed by atoms with Crippen LogP contribution in [0.1, 0.15) is 11.3 Å². The first-order chi connectivity index (χ1) is 8.75. The molecule has 94 valence electrons. The number of aliphatic carboxylic acids is 1. The van der Waals surface area contributed by atoms with Gasteiger partial charge in [-0.2, -0.15) is 0 Å². The molecule has 1 atom stereocenters. The van der Waals surface area contributed by atoms with Crippen LogP contribution >= 0.6 is 0 Å². The molecule has 4 nitrogen and oxygen atoms in total. The Hall–Kier alpha value is -2.07. The summed E-state index contributed by atoms with van der Waals surface area (Å²) >= 11 is 0. The minimum absolute atomic E-state index is 0.413. The highest BCUT2D eigenvalue weighted by Gasteiger charge is 2.17. The molecule has 0 aliphatic heterocycles. The van der Waals surface area contributed by atoms with E-state index >= 15 is 0 Å². The number of carbonyl (C=O) groups is 1. The second-order valence-electron chi connectivity index (χ2n) is 4.04. The van der Waals surface area contributed by atoms with Gasteiger partial charge in [-0.15, -0.1) is 0 Å². The van der Waals surface area contributed by atoms with Crippen LogP contribution in [0.5, 0.6) is 0 Å². The van der Waals surface area contributed by atoms with Crippen molar-refractivity contribution in [2.75, 3.05) is 0 Å². The van der Waals surface area contributed by atoms with Gasteiger partial charge >= 0.3 is 5.97 Å². The second kappa shape index (κ2) is 6.02. The minimum Gasteiger partial charge on any atom is -0.480 e. The molecule has 0 saturated carbocycles. The van der Waals surface area contributed by atoms with Crippen LogP contribution in [-0.4, -0.2) is 17.1 Å². The maximum absolute atomic E-state index is 11.2. The molecule has 0 amide bonds. The summed E-state index contributed by atoms with van der Waals surface area (Å²) in [5.41, 5.74) is 0.997. The predicted octanol–water partition coefficient (Wildman–Crippen LogP) is 2.07. The normalized spacial score (nSPS) is 12.2. The number of furan rings is 1. The molecule has 4 heteroatoms. The van der Waals surface area contributed by atoms with E-state index in [-0.39, 0.29) is 0 Å². The van der Waals surface area contributed by atoms with E-state index in [1.807, 2.05) is 36.4 Å². The lowest BCUT2D eigenvalue weighted by Gasteiger charge is -2.13. The summed E-state index contributed by atoms with van der Waals surface area (Å²) in [5, 5.41) is 12.1. The summed E-state index contributed by atoms with van der Waals surface area (Å²) in [6.45, 7) is 0.413. The molecule has 1 heterocycles. The molecule has 0 unspecified atom stereocenters. The van der Waals surface area contributed by atoms with Gasteiger partial charge in [0.1, 0.15) is 11.8 Å². The first kappa shape index (κ1) is 12.4. The summed E-state index contributed by atoms with van der Waals surface area (Å²) < 4.78 is 5.16. The van der Waals surface area contributed by atoms with Gasteiger partial charge in [-0.3, -0.25) is 10.1 Å². The fraction of sp³-hybridized carbons (Fsp3) is 0.214. The molecule has 0 aliphatic carbocycles. The monoisotopic (exact) mass is 245 g/mol. The van der Waals surface area contributed by atoms with Crippen LogP contribution in [0, 0.1) is 0 Å². The lowest BCUT2D eigenvalue weighted by Crippen LogP contribution is -2.37. The molecule has 0 aliphatic rings. The molecular weight excluding hydrogens is 230 g/mol. The van der Waals surface area contributed by atoms with Crippen molar-refractivity contribution in [1.29, 1.82) is 0 Å². The molecule has 18 heavy (non-hydrogen) atoms. The third-order valence-electron chi connectivity index (χ3n) is 2.68. The highest BCUT2D eigenvalue weighted by atomic mass is 16.4. The maximum Gasteiger partial charge on any atom is 0.321 e. The van der Waals surface area contributed by atoms with Gasteiger partial charge in [-0.25, -0.2) is 0 Å². The number of hydrogen-bond donors (Lipinski definition) is 2. The smallest absolute Gasteiger partial charge is 0.321 e. The van der Waals surface area contributed by atoms with E-state index < -0.39 is 12.0 Å². The van der Waals surface area contributed by atoms with Crippen molar-refractivity contribution >= 4 is 5.97 Å². The molecule has 2 aromatic rings. The standard InChI is InChI=1S/C14H15NO3/c16-14(17)13(9-11-5-2-1-3-6-11)15-10-12-7-4-8-18-12/h1-8,13,15H,9-10H2,(H,16,17)/t13-/m0/s1. The largest absolute Gasteiger partial charge is 0.480 e. The highest BCUT2D eigenvalue weighted by Crippen LogP contribution is 2.05. The Morgan fingerprint density at radius 3 is 2.61 bits per heavy atom. The topological polar surface area (TPSA) is 62.5 Å². The summed E-state index contributed by atoms with van der Waals surface area (Å²) in [7, 11) is 0. The zero-order valence-corrected chi connectivity index (χ0v) is 9.87. The molecule has 1 aromatic heterocycles. The number of carboxylic acids is 1. The summed E-state index contributed by atoms with van der Waals surface area (Å²) in [4.78, 5) is 11.2. The fourth-order valence-electron chi connectivity index (χ4n) is 1.73. The summed E-state index contributed by atoms with van der Waals surface area (Å²) in [6, 6.07) is 12.5. The van der Waals surface area contributed by atoms with E-state index in [0.717, 1.165) is 11.3 Å². The number of rotatable bonds is 6. The molecule has 0 bridgehead atoms. The number of nitrogens with one attached hydrogen (secondary N) is 1. The maximum atomic E-state index is 11.2. The van der Waals surface area contributed by atoms with Crippen LogP contribution in [0.25, 0.3) is 0 Å². The Labute approximate surface area is 105 Å². The highest BCUT2D eigenvalue weighted by molar-refractivity contribution is 5.73. The van der Waals surface area contributed by atoms with Gasteiger partial charge in [0.15, 0.2) is 0 Å². The van der Waals surface area contributed by atoms with Crippen LogP contribution in [0.15, 0.2) is 53.1 Å². The van der Waals surface area contributed by atoms with E-state index in [2.05, 4.69) is 5.32 Å². The SMILES string of the molecule is O=C(O)[C@H](Cc1ccccc1)NCc1ccco1. The predicted molar refractivity (Wildman–Crippen MR) is 67.1 cm³/mol. The van der Waals surface area contributed by atoms with Crippen molar-refractivity contribution in [3.8, 4) is 0 Å². The van der Waals surface area contributed by atoms with Gasteiger partial charge in [0, 0.05) is 0 Å². The Bertz CT molecular complexity index is 479. The number of carboxylic acid groups (broad SMARTS) is 1. The second-order valence-corrected chi connectivity index (χ2v) is 4.04. The van der Waals surface area contributed by atoms with Gasteiger partial charge in [0.25, 0.3) is 0 Å². The Balaban J connectivity index is 1.94. The summed E-state index contributed by atoms with van der Waals surface area (Å²) in [6.07, 6.45) is 2.03. The lowest BCUT2D eigenvalue weighted by molar-refractivity contribution is -0.139. The van der Waals surface area contributed by atoms with Gasteiger partial charge in [0.2, 0.25) is 0 Å². The number of benzene rings is 1. The Morgan fingerprint density at radius 2 is 2.00 bits per heavy atom. The van der Waals surface area contributed by atoms with E-state index in [1.54, 1.807) is 12.3 Å². The molecule has 1 aromatic carbocycles. The van der Waals surface area contributed by atoms with Crippen molar-refractivity contribution in [2.24, 2.45) is 0 Å². The van der Waals surface area contributed by atoms with Gasteiger partial charge in [0.05, 0.1) is 12.8 Å². The molecule has 2 rings (SSSR count). The lowest BCUT2D eigenvalue weighted by atomic mass is 10.1. The molecule has 0 saturated heterocycles. The van der Waals surface area contributed by atoms with Crippen LogP contribution in [-0.2, 0) is 17.8 Å². The fourth-order valence-corrected chi connectivity index (χ4v) is 1.73. The van der Waals surface area contributed by atoms with Gasteiger partial charge in [-0.1, -0.05) is 30.3 Å². The Kier molecular flexibility index (Phi) is 4.15. The molecule has 0 spiro atoms. The third-order valence-corrected chi connectivity index (χ3v) is 2.68. The van der Waals surface area contributed by atoms with Crippen LogP contribution in [0.4, 0.5) is 0 Å². The molecule has 0 radical (unpaired) electrons. The van der Waals surface area contributed by atoms with Gasteiger partial charge < -0.3 is 9.52 Å². The minimum atomic E-state index is -0.856. The van der Waals surface area contributed by atoms with Crippen molar-refractivity contribution < 1.29 is 14.3 Å². The average molecular weight is 245 g/mol. The zero-order valence-electron chi connectivity index (χ0n) is 9.87. The summed E-state index contributed by atoms with van der Waals surface area (Å²) in [5.74, 6) is -0.125. The first-order valence-electron chi connectivity index (χ1n) is 5.78. The van der Waals surface area contributed by atoms with E-state index in [1.165, 1.54) is 0 Å². The van der Waals surface area contributed by atoms with E-state index in [9.17, 15) is 9.90 Å². The molecule has 2 N–H and O–H groups in total. The van der Waals surface area contributed by atoms with Crippen molar-refractivity contribution in [3.63, 3.8) is 0 Å². The molecular formula is C14H15NO3. The van der Waals surface area contributed by atoms with Crippen LogP contribution < -0.4 is 5.32 Å². The zero-order chi connectivity index (χ0) is 12.8. The average Bonchev–Trinajstić information content (AvgIpc) is 2.88. The number of hydrogen-bond acceptors (Lipinski definition) is 3. The quantitative estimate of drug-likeness (QED) is 0.817. The Morgan fingerprint density at radius 1 is 1.22 bits per heavy atom. The van der Waals surface area contributed by atoms with Gasteiger partial charge in [-0.05, 0) is 24.1 Å². The third kappa shape index (κ3) is 3.46. The van der Waals surface area contributed by atoms with E-state index in [0.29, 0.717) is 13.0 Å².